The van der Waals surface area contributed by atoms with Gasteiger partial charge in [-0.1, -0.05) is 12.2 Å². The predicted octanol–water partition coefficient (Wildman–Crippen LogP) is 4.56. The summed E-state index contributed by atoms with van der Waals surface area (Å²) in [6.45, 7) is 2.98. The van der Waals surface area contributed by atoms with Gasteiger partial charge < -0.3 is 15.5 Å². The number of carbonyl (C=O) groups excluding carboxylic acids is 2. The molecule has 2 rings (SSSR count). The van der Waals surface area contributed by atoms with E-state index in [0.29, 0.717) is 56.5 Å². The van der Waals surface area contributed by atoms with Crippen molar-refractivity contribution >= 4 is 17.4 Å². The molecule has 152 valence electrons. The monoisotopic (exact) mass is 392 g/mol. The lowest BCUT2D eigenvalue weighted by Gasteiger charge is -2.07. The molecular formula is C24H28N2O3. The number of ether oxygens (including phenoxy) is 1. The first-order chi connectivity index (χ1) is 14.1. The molecule has 1 aromatic carbocycles. The fourth-order valence-corrected chi connectivity index (χ4v) is 2.80. The number of rotatable bonds is 12. The highest BCUT2D eigenvalue weighted by atomic mass is 16.5. The maximum atomic E-state index is 12.2. The molecule has 1 amide bonds. The minimum absolute atomic E-state index is 0.0174. The van der Waals surface area contributed by atoms with E-state index >= 15 is 0 Å². The molecule has 0 aromatic heterocycles. The van der Waals surface area contributed by atoms with Crippen molar-refractivity contribution in [3.8, 4) is 5.75 Å². The van der Waals surface area contributed by atoms with Crippen LogP contribution in [0.15, 0.2) is 65.9 Å². The average molecular weight is 392 g/mol. The van der Waals surface area contributed by atoms with Crippen LogP contribution in [0.1, 0.15) is 49.4 Å². The third kappa shape index (κ3) is 8.58. The molecule has 1 aromatic rings. The first-order valence-corrected chi connectivity index (χ1v) is 9.96. The Kier molecular flexibility index (Phi) is 9.40. The van der Waals surface area contributed by atoms with E-state index in [1.807, 2.05) is 37.3 Å². The first kappa shape index (κ1) is 22.1. The minimum atomic E-state index is -0.0289. The van der Waals surface area contributed by atoms with E-state index in [0.717, 1.165) is 11.3 Å². The van der Waals surface area contributed by atoms with Crippen molar-refractivity contribution < 1.29 is 14.3 Å². The fraction of sp³-hybridized carbons (Fsp3) is 0.333. The lowest BCUT2D eigenvalue weighted by molar-refractivity contribution is -0.120. The van der Waals surface area contributed by atoms with Gasteiger partial charge in [-0.05, 0) is 74.3 Å². The van der Waals surface area contributed by atoms with Crippen molar-refractivity contribution in [2.75, 3.05) is 13.2 Å². The van der Waals surface area contributed by atoms with Gasteiger partial charge in [0, 0.05) is 30.7 Å². The van der Waals surface area contributed by atoms with Gasteiger partial charge in [-0.25, -0.2) is 0 Å². The van der Waals surface area contributed by atoms with Crippen LogP contribution in [0.5, 0.6) is 5.75 Å². The molecule has 0 bridgehead atoms. The molecule has 0 saturated heterocycles. The third-order valence-electron chi connectivity index (χ3n) is 4.41. The third-order valence-corrected chi connectivity index (χ3v) is 4.41. The van der Waals surface area contributed by atoms with E-state index < -0.39 is 0 Å². The van der Waals surface area contributed by atoms with Crippen molar-refractivity contribution in [2.24, 2.45) is 0 Å². The zero-order valence-electron chi connectivity index (χ0n) is 16.9. The number of amides is 1. The number of Topliss-reactive ketones (excluding diaryl/α,β-unsaturated/α-hetero) is 1. The molecule has 0 unspecified atom stereocenters. The van der Waals surface area contributed by atoms with E-state index in [4.69, 9.17) is 10.1 Å². The Bertz CT molecular complexity index is 841. The van der Waals surface area contributed by atoms with Gasteiger partial charge in [0.25, 0.3) is 0 Å². The number of allylic oxidation sites excluding steroid dienone is 3. The van der Waals surface area contributed by atoms with E-state index in [2.05, 4.69) is 11.0 Å². The SMILES string of the molecule is CCOc1ccc(C(=O)CCC(=N)CCCC(=O)NCC2=CC=C=CC=C2)cc1. The number of benzene rings is 1. The highest BCUT2D eigenvalue weighted by Gasteiger charge is 2.09. The molecule has 2 N–H and O–H groups in total. The van der Waals surface area contributed by atoms with Crippen LogP contribution in [0.4, 0.5) is 0 Å². The zero-order chi connectivity index (χ0) is 20.9. The Morgan fingerprint density at radius 2 is 1.86 bits per heavy atom. The van der Waals surface area contributed by atoms with E-state index in [1.165, 1.54) is 0 Å². The normalized spacial score (nSPS) is 12.2. The predicted molar refractivity (Wildman–Crippen MR) is 116 cm³/mol. The van der Waals surface area contributed by atoms with Gasteiger partial charge in [0.1, 0.15) is 5.75 Å². The van der Waals surface area contributed by atoms with E-state index in [-0.39, 0.29) is 11.7 Å². The number of nitrogens with one attached hydrogen (secondary N) is 2. The van der Waals surface area contributed by atoms with Crippen LogP contribution >= 0.6 is 0 Å². The summed E-state index contributed by atoms with van der Waals surface area (Å²) in [5.41, 5.74) is 5.12. The molecule has 0 saturated carbocycles. The highest BCUT2D eigenvalue weighted by molar-refractivity contribution is 5.98. The molecule has 0 fully saturated rings. The smallest absolute Gasteiger partial charge is 0.220 e. The van der Waals surface area contributed by atoms with E-state index in [1.54, 1.807) is 24.3 Å². The minimum Gasteiger partial charge on any atom is -0.494 e. The molecule has 5 heteroatoms. The van der Waals surface area contributed by atoms with Gasteiger partial charge in [0.2, 0.25) is 5.91 Å². The number of carbonyl (C=O) groups is 2. The Labute approximate surface area is 172 Å². The van der Waals surface area contributed by atoms with Gasteiger partial charge in [0.15, 0.2) is 5.78 Å². The molecule has 29 heavy (non-hydrogen) atoms. The van der Waals surface area contributed by atoms with Crippen LogP contribution in [0.25, 0.3) is 0 Å². The van der Waals surface area contributed by atoms with Gasteiger partial charge >= 0.3 is 0 Å². The summed E-state index contributed by atoms with van der Waals surface area (Å²) in [5.74, 6) is 0.733. The average Bonchev–Trinajstić information content (AvgIpc) is 3.00. The largest absolute Gasteiger partial charge is 0.494 e. The standard InChI is InChI=1S/C24H28N2O3/c1-2-29-22-15-12-20(13-16-22)23(27)17-14-21(25)10-7-11-24(28)26-18-19-8-5-3-4-6-9-19/h3,5-6,8-9,12-13,15-16,25H,2,7,10-11,14,17-18H2,1H3,(H,26,28). The van der Waals surface area contributed by atoms with Gasteiger partial charge in [-0.15, -0.1) is 5.73 Å². The molecule has 0 radical (unpaired) electrons. The Balaban J connectivity index is 1.61. The van der Waals surface area contributed by atoms with Gasteiger partial charge in [0.05, 0.1) is 6.61 Å². The summed E-state index contributed by atoms with van der Waals surface area (Å²) in [7, 11) is 0. The number of hydrogen-bond donors (Lipinski definition) is 2. The van der Waals surface area contributed by atoms with Crippen LogP contribution in [0.3, 0.4) is 0 Å². The van der Waals surface area contributed by atoms with Crippen molar-refractivity contribution in [2.45, 2.75) is 39.0 Å². The Morgan fingerprint density at radius 1 is 1.07 bits per heavy atom. The van der Waals surface area contributed by atoms with Crippen molar-refractivity contribution in [3.63, 3.8) is 0 Å². The summed E-state index contributed by atoms with van der Waals surface area (Å²) >= 11 is 0. The molecule has 5 nitrogen and oxygen atoms in total. The van der Waals surface area contributed by atoms with E-state index in [9.17, 15) is 9.59 Å². The Hall–Kier alpha value is -3.17. The van der Waals surface area contributed by atoms with Crippen LogP contribution in [0, 0.1) is 5.41 Å². The van der Waals surface area contributed by atoms with Gasteiger partial charge in [-0.3, -0.25) is 9.59 Å². The molecule has 0 heterocycles. The lowest BCUT2D eigenvalue weighted by Crippen LogP contribution is -2.25. The summed E-state index contributed by atoms with van der Waals surface area (Å²) in [4.78, 5) is 24.2. The maximum absolute atomic E-state index is 12.2. The molecule has 1 aliphatic carbocycles. The fourth-order valence-electron chi connectivity index (χ4n) is 2.80. The maximum Gasteiger partial charge on any atom is 0.220 e. The van der Waals surface area contributed by atoms with Crippen LogP contribution in [-0.4, -0.2) is 30.6 Å². The second-order valence-corrected chi connectivity index (χ2v) is 6.72. The summed E-state index contributed by atoms with van der Waals surface area (Å²) in [6.07, 6.45) is 11.6. The molecule has 1 aliphatic rings. The topological polar surface area (TPSA) is 79.2 Å². The summed E-state index contributed by atoms with van der Waals surface area (Å²) in [6, 6.07) is 7.08. The number of ketones is 1. The van der Waals surface area contributed by atoms with Gasteiger partial charge in [-0.2, -0.15) is 0 Å². The first-order valence-electron chi connectivity index (χ1n) is 9.96. The number of hydrogen-bond acceptors (Lipinski definition) is 4. The lowest BCUT2D eigenvalue weighted by atomic mass is 10.0. The Morgan fingerprint density at radius 3 is 2.62 bits per heavy atom. The van der Waals surface area contributed by atoms with Crippen molar-refractivity contribution in [1.29, 1.82) is 5.41 Å². The summed E-state index contributed by atoms with van der Waals surface area (Å²) < 4.78 is 5.37. The van der Waals surface area contributed by atoms with Crippen LogP contribution in [0.2, 0.25) is 0 Å². The van der Waals surface area contributed by atoms with Crippen molar-refractivity contribution in [3.05, 3.63) is 71.5 Å². The van der Waals surface area contributed by atoms with Crippen LogP contribution in [-0.2, 0) is 4.79 Å². The highest BCUT2D eigenvalue weighted by Crippen LogP contribution is 2.14. The summed E-state index contributed by atoms with van der Waals surface area (Å²) in [5, 5.41) is 10.9. The van der Waals surface area contributed by atoms with Crippen LogP contribution < -0.4 is 10.1 Å². The molecule has 0 atom stereocenters. The molecule has 0 aliphatic heterocycles. The zero-order valence-corrected chi connectivity index (χ0v) is 16.9. The second-order valence-electron chi connectivity index (χ2n) is 6.72. The molecular weight excluding hydrogens is 364 g/mol. The van der Waals surface area contributed by atoms with Crippen molar-refractivity contribution in [1.82, 2.24) is 5.32 Å². The molecule has 0 spiro atoms. The quantitative estimate of drug-likeness (QED) is 0.311. The second kappa shape index (κ2) is 12.3.